The first-order chi connectivity index (χ1) is 12.0. The third kappa shape index (κ3) is 5.93. The Balaban J connectivity index is 2.00. The van der Waals surface area contributed by atoms with Crippen LogP contribution in [0.4, 0.5) is 5.69 Å². The van der Waals surface area contributed by atoms with E-state index in [2.05, 4.69) is 12.2 Å². The van der Waals surface area contributed by atoms with Crippen LogP contribution in [-0.2, 0) is 11.3 Å². The van der Waals surface area contributed by atoms with Crippen LogP contribution in [0.5, 0.6) is 0 Å². The molecule has 0 saturated carbocycles. The highest BCUT2D eigenvalue weighted by Crippen LogP contribution is 2.19. The summed E-state index contributed by atoms with van der Waals surface area (Å²) in [6, 6.07) is 5.30. The normalized spacial score (nSPS) is 11.4. The molecule has 0 aliphatic heterocycles. The van der Waals surface area contributed by atoms with Crippen LogP contribution < -0.4 is 11.1 Å². The number of hydrogen-bond acceptors (Lipinski definition) is 5. The Hall–Kier alpha value is -1.73. The molecule has 0 unspecified atom stereocenters. The van der Waals surface area contributed by atoms with Crippen LogP contribution in [0.2, 0.25) is 0 Å². The number of rotatable bonds is 10. The molecule has 7 heteroatoms. The van der Waals surface area contributed by atoms with Gasteiger partial charge < -0.3 is 14.6 Å². The maximum Gasteiger partial charge on any atom is 0.419 e. The van der Waals surface area contributed by atoms with Crippen LogP contribution in [0.3, 0.4) is 0 Å². The molecule has 1 aromatic carbocycles. The SMILES string of the molecule is CCCCSCCC(=O)Nc1ccc2oc(=O)n(CCN(C)C)c2c1. The molecule has 2 rings (SSSR count). The van der Waals surface area contributed by atoms with Gasteiger partial charge in [0.05, 0.1) is 5.52 Å². The summed E-state index contributed by atoms with van der Waals surface area (Å²) in [7, 11) is 3.91. The van der Waals surface area contributed by atoms with Crippen molar-refractivity contribution in [1.29, 1.82) is 0 Å². The molecule has 1 aromatic heterocycles. The van der Waals surface area contributed by atoms with Crippen molar-refractivity contribution in [2.24, 2.45) is 0 Å². The molecular formula is C18H27N3O3S. The number of anilines is 1. The van der Waals surface area contributed by atoms with Crippen molar-refractivity contribution in [1.82, 2.24) is 9.47 Å². The molecule has 6 nitrogen and oxygen atoms in total. The van der Waals surface area contributed by atoms with E-state index in [-0.39, 0.29) is 11.7 Å². The average Bonchev–Trinajstić information content (AvgIpc) is 2.87. The highest BCUT2D eigenvalue weighted by atomic mass is 32.2. The summed E-state index contributed by atoms with van der Waals surface area (Å²) < 4.78 is 6.87. The number of nitrogens with zero attached hydrogens (tertiary/aromatic N) is 2. The fourth-order valence-corrected chi connectivity index (χ4v) is 3.42. The minimum atomic E-state index is -0.368. The van der Waals surface area contributed by atoms with Crippen LogP contribution in [0.25, 0.3) is 11.1 Å². The summed E-state index contributed by atoms with van der Waals surface area (Å²) in [5, 5.41) is 2.91. The van der Waals surface area contributed by atoms with Crippen molar-refractivity contribution in [3.63, 3.8) is 0 Å². The second-order valence-corrected chi connectivity index (χ2v) is 7.49. The number of unbranched alkanes of at least 4 members (excludes halogenated alkanes) is 1. The summed E-state index contributed by atoms with van der Waals surface area (Å²) in [4.78, 5) is 26.1. The topological polar surface area (TPSA) is 67.5 Å². The van der Waals surface area contributed by atoms with Crippen LogP contribution in [0, 0.1) is 0 Å². The Kier molecular flexibility index (Phi) is 7.58. The van der Waals surface area contributed by atoms with Crippen LogP contribution in [0.15, 0.2) is 27.4 Å². The van der Waals surface area contributed by atoms with E-state index in [0.717, 1.165) is 18.1 Å². The maximum atomic E-state index is 12.1. The third-order valence-electron chi connectivity index (χ3n) is 3.84. The number of nitrogens with one attached hydrogen (secondary N) is 1. The number of benzene rings is 1. The summed E-state index contributed by atoms with van der Waals surface area (Å²) in [6.07, 6.45) is 2.86. The zero-order valence-electron chi connectivity index (χ0n) is 15.2. The van der Waals surface area contributed by atoms with Gasteiger partial charge in [-0.05, 0) is 44.5 Å². The fourth-order valence-electron chi connectivity index (χ4n) is 2.39. The molecule has 1 N–H and O–H groups in total. The van der Waals surface area contributed by atoms with Gasteiger partial charge in [-0.1, -0.05) is 13.3 Å². The van der Waals surface area contributed by atoms with Gasteiger partial charge in [0.15, 0.2) is 5.58 Å². The van der Waals surface area contributed by atoms with E-state index in [0.29, 0.717) is 29.8 Å². The van der Waals surface area contributed by atoms with Gasteiger partial charge in [0.25, 0.3) is 0 Å². The first kappa shape index (κ1) is 19.6. The van der Waals surface area contributed by atoms with Crippen LogP contribution in [0.1, 0.15) is 26.2 Å². The van der Waals surface area contributed by atoms with Gasteiger partial charge in [0, 0.05) is 31.0 Å². The monoisotopic (exact) mass is 365 g/mol. The van der Waals surface area contributed by atoms with Crippen molar-refractivity contribution in [3.8, 4) is 0 Å². The number of oxazole rings is 1. The Labute approximate surface area is 152 Å². The number of fused-ring (bicyclic) bond motifs is 1. The summed E-state index contributed by atoms with van der Waals surface area (Å²) in [6.45, 7) is 3.45. The standard InChI is InChI=1S/C18H27N3O3S/c1-4-5-11-25-12-8-17(22)19-14-6-7-16-15(13-14)21(18(23)24-16)10-9-20(2)3/h6-7,13H,4-5,8-12H2,1-3H3,(H,19,22). The van der Waals surface area contributed by atoms with Crippen molar-refractivity contribution < 1.29 is 9.21 Å². The second kappa shape index (κ2) is 9.68. The second-order valence-electron chi connectivity index (χ2n) is 6.27. The number of carbonyl (C=O) groups excluding carboxylic acids is 1. The molecule has 138 valence electrons. The van der Waals surface area contributed by atoms with Gasteiger partial charge in [-0.2, -0.15) is 11.8 Å². The first-order valence-electron chi connectivity index (χ1n) is 8.67. The number of amides is 1. The van der Waals surface area contributed by atoms with Crippen LogP contribution >= 0.6 is 11.8 Å². The molecule has 0 fully saturated rings. The lowest BCUT2D eigenvalue weighted by Gasteiger charge is -2.10. The van der Waals surface area contributed by atoms with Gasteiger partial charge in [0.2, 0.25) is 5.91 Å². The lowest BCUT2D eigenvalue weighted by atomic mass is 10.2. The lowest BCUT2D eigenvalue weighted by molar-refractivity contribution is -0.115. The number of carbonyl (C=O) groups is 1. The minimum Gasteiger partial charge on any atom is -0.408 e. The van der Waals surface area contributed by atoms with Gasteiger partial charge in [-0.3, -0.25) is 9.36 Å². The molecule has 0 radical (unpaired) electrons. The summed E-state index contributed by atoms with van der Waals surface area (Å²) in [5.74, 6) is 1.55. The largest absolute Gasteiger partial charge is 0.419 e. The molecule has 0 aliphatic carbocycles. The molecule has 2 aromatic rings. The highest BCUT2D eigenvalue weighted by Gasteiger charge is 2.11. The van der Waals surface area contributed by atoms with E-state index in [1.165, 1.54) is 12.8 Å². The number of likely N-dealkylation sites (N-methyl/N-ethyl adjacent to an activating group) is 1. The fraction of sp³-hybridized carbons (Fsp3) is 0.556. The predicted molar refractivity (Wildman–Crippen MR) is 105 cm³/mol. The van der Waals surface area contributed by atoms with Gasteiger partial charge in [0.1, 0.15) is 0 Å². The van der Waals surface area contributed by atoms with Crippen molar-refractivity contribution in [2.75, 3.05) is 37.5 Å². The van der Waals surface area contributed by atoms with E-state index in [9.17, 15) is 9.59 Å². The zero-order valence-corrected chi connectivity index (χ0v) is 16.0. The number of thioether (sulfide) groups is 1. The van der Waals surface area contributed by atoms with E-state index in [1.54, 1.807) is 22.8 Å². The quantitative estimate of drug-likeness (QED) is 0.656. The maximum absolute atomic E-state index is 12.1. The Morgan fingerprint density at radius 1 is 1.32 bits per heavy atom. The van der Waals surface area contributed by atoms with Gasteiger partial charge in [-0.25, -0.2) is 4.79 Å². The lowest BCUT2D eigenvalue weighted by Crippen LogP contribution is -2.23. The molecule has 0 bridgehead atoms. The summed E-state index contributed by atoms with van der Waals surface area (Å²) >= 11 is 1.81. The molecule has 25 heavy (non-hydrogen) atoms. The Morgan fingerprint density at radius 3 is 2.84 bits per heavy atom. The van der Waals surface area contributed by atoms with E-state index >= 15 is 0 Å². The molecular weight excluding hydrogens is 338 g/mol. The van der Waals surface area contributed by atoms with E-state index < -0.39 is 0 Å². The third-order valence-corrected chi connectivity index (χ3v) is 4.91. The predicted octanol–water partition coefficient (Wildman–Crippen LogP) is 3.02. The molecule has 1 amide bonds. The van der Waals surface area contributed by atoms with Crippen molar-refractivity contribution >= 4 is 34.5 Å². The Bertz CT molecular complexity index is 752. The average molecular weight is 365 g/mol. The highest BCUT2D eigenvalue weighted by molar-refractivity contribution is 7.99. The molecule has 0 aliphatic rings. The molecule has 0 atom stereocenters. The zero-order chi connectivity index (χ0) is 18.2. The molecule has 1 heterocycles. The van der Waals surface area contributed by atoms with Crippen molar-refractivity contribution in [3.05, 3.63) is 28.7 Å². The number of aromatic nitrogens is 1. The number of hydrogen-bond donors (Lipinski definition) is 1. The smallest absolute Gasteiger partial charge is 0.408 e. The van der Waals surface area contributed by atoms with Crippen LogP contribution in [-0.4, -0.2) is 47.5 Å². The summed E-state index contributed by atoms with van der Waals surface area (Å²) in [5.41, 5.74) is 1.94. The van der Waals surface area contributed by atoms with Crippen molar-refractivity contribution in [2.45, 2.75) is 32.7 Å². The van der Waals surface area contributed by atoms with Gasteiger partial charge >= 0.3 is 5.76 Å². The van der Waals surface area contributed by atoms with Gasteiger partial charge in [-0.15, -0.1) is 0 Å². The minimum absolute atomic E-state index is 0.00553. The molecule has 0 saturated heterocycles. The van der Waals surface area contributed by atoms with E-state index in [4.69, 9.17) is 4.42 Å². The van der Waals surface area contributed by atoms with E-state index in [1.807, 2.05) is 30.8 Å². The Morgan fingerprint density at radius 2 is 2.12 bits per heavy atom. The first-order valence-corrected chi connectivity index (χ1v) is 9.82. The molecule has 0 spiro atoms.